The van der Waals surface area contributed by atoms with Crippen molar-refractivity contribution >= 4 is 23.7 Å². The third-order valence-corrected chi connectivity index (χ3v) is 4.80. The highest BCUT2D eigenvalue weighted by Crippen LogP contribution is 2.24. The molecular formula is C16H19N5O2S. The van der Waals surface area contributed by atoms with E-state index in [0.717, 1.165) is 12.0 Å². The summed E-state index contributed by atoms with van der Waals surface area (Å²) in [5, 5.41) is 9.74. The van der Waals surface area contributed by atoms with Gasteiger partial charge >= 0.3 is 6.03 Å². The van der Waals surface area contributed by atoms with E-state index in [1.54, 1.807) is 6.92 Å². The number of hydrogen-bond donors (Lipinski definition) is 2. The number of aromatic nitrogens is 3. The van der Waals surface area contributed by atoms with Crippen LogP contribution in [0.4, 0.5) is 4.79 Å². The van der Waals surface area contributed by atoms with Gasteiger partial charge in [0.15, 0.2) is 5.82 Å². The summed E-state index contributed by atoms with van der Waals surface area (Å²) in [4.78, 5) is 29.5. The summed E-state index contributed by atoms with van der Waals surface area (Å²) >= 11 is 1.24. The Bertz CT molecular complexity index is 743. The molecule has 1 aliphatic rings. The number of imide groups is 1. The third kappa shape index (κ3) is 3.43. The Kier molecular flexibility index (Phi) is 4.84. The molecule has 1 fully saturated rings. The number of carbonyl (C=O) groups excluding carboxylic acids is 2. The van der Waals surface area contributed by atoms with E-state index >= 15 is 0 Å². The van der Waals surface area contributed by atoms with Gasteiger partial charge in [-0.15, -0.1) is 5.10 Å². The highest BCUT2D eigenvalue weighted by Gasteiger charge is 2.30. The molecule has 0 radical (unpaired) electrons. The molecule has 3 amide bonds. The first kappa shape index (κ1) is 16.5. The summed E-state index contributed by atoms with van der Waals surface area (Å²) in [6, 6.07) is 7.78. The van der Waals surface area contributed by atoms with Gasteiger partial charge in [-0.1, -0.05) is 43.0 Å². The van der Waals surface area contributed by atoms with E-state index in [0.29, 0.717) is 24.1 Å². The molecule has 1 aromatic heterocycles. The molecular weight excluding hydrogens is 326 g/mol. The van der Waals surface area contributed by atoms with E-state index in [2.05, 4.69) is 39.6 Å². The average Bonchev–Trinajstić information content (AvgIpc) is 3.23. The van der Waals surface area contributed by atoms with Gasteiger partial charge in [0, 0.05) is 18.7 Å². The Morgan fingerprint density at radius 3 is 2.75 bits per heavy atom. The van der Waals surface area contributed by atoms with E-state index in [1.165, 1.54) is 22.2 Å². The molecule has 0 aliphatic carbocycles. The highest BCUT2D eigenvalue weighted by molar-refractivity contribution is 8.00. The number of nitrogens with zero attached hydrogens (tertiary/aromatic N) is 3. The summed E-state index contributed by atoms with van der Waals surface area (Å²) in [5.74, 6) is 0.437. The third-order valence-electron chi connectivity index (χ3n) is 3.85. The predicted octanol–water partition coefficient (Wildman–Crippen LogP) is 2.07. The van der Waals surface area contributed by atoms with Crippen molar-refractivity contribution < 1.29 is 9.59 Å². The average molecular weight is 345 g/mol. The quantitative estimate of drug-likeness (QED) is 0.810. The lowest BCUT2D eigenvalue weighted by Gasteiger charge is -2.15. The molecule has 0 bridgehead atoms. The number of aromatic amines is 1. The minimum absolute atomic E-state index is 0.228. The Balaban J connectivity index is 1.66. The second-order valence-electron chi connectivity index (χ2n) is 5.50. The van der Waals surface area contributed by atoms with Crippen LogP contribution in [-0.2, 0) is 11.2 Å². The van der Waals surface area contributed by atoms with E-state index in [1.807, 2.05) is 12.1 Å². The van der Waals surface area contributed by atoms with Crippen LogP contribution in [0.2, 0.25) is 0 Å². The molecule has 3 rings (SSSR count). The number of aryl methyl sites for hydroxylation is 1. The van der Waals surface area contributed by atoms with Gasteiger partial charge in [-0.05, 0) is 18.9 Å². The van der Waals surface area contributed by atoms with Gasteiger partial charge in [0.1, 0.15) is 0 Å². The summed E-state index contributed by atoms with van der Waals surface area (Å²) in [6.07, 6.45) is 0.988. The molecule has 1 aliphatic heterocycles. The van der Waals surface area contributed by atoms with E-state index < -0.39 is 5.25 Å². The van der Waals surface area contributed by atoms with Crippen molar-refractivity contribution in [2.45, 2.75) is 30.7 Å². The first-order chi connectivity index (χ1) is 11.6. The highest BCUT2D eigenvalue weighted by atomic mass is 32.2. The van der Waals surface area contributed by atoms with Gasteiger partial charge in [0.25, 0.3) is 0 Å². The standard InChI is InChI=1S/C16H19N5O2S/c1-3-11-4-6-12(7-5-11)13-18-15(20-19-13)24-10(2)14(22)21-9-8-17-16(21)23/h4-7,10H,3,8-9H2,1-2H3,(H,17,23)(H,18,19,20)/t10-/m0/s1. The van der Waals surface area contributed by atoms with Crippen LogP contribution in [-0.4, -0.2) is 50.4 Å². The molecule has 1 atom stereocenters. The smallest absolute Gasteiger partial charge is 0.324 e. The van der Waals surface area contributed by atoms with Crippen molar-refractivity contribution in [1.82, 2.24) is 25.4 Å². The predicted molar refractivity (Wildman–Crippen MR) is 91.6 cm³/mol. The van der Waals surface area contributed by atoms with Crippen molar-refractivity contribution in [3.63, 3.8) is 0 Å². The molecule has 2 heterocycles. The second kappa shape index (κ2) is 7.04. The van der Waals surface area contributed by atoms with Gasteiger partial charge in [0.2, 0.25) is 11.1 Å². The molecule has 2 aromatic rings. The first-order valence-corrected chi connectivity index (χ1v) is 8.74. The number of hydrogen-bond acceptors (Lipinski definition) is 5. The van der Waals surface area contributed by atoms with Crippen molar-refractivity contribution in [3.05, 3.63) is 29.8 Å². The van der Waals surface area contributed by atoms with Crippen molar-refractivity contribution in [2.75, 3.05) is 13.1 Å². The van der Waals surface area contributed by atoms with E-state index in [4.69, 9.17) is 0 Å². The number of H-pyrrole nitrogens is 1. The molecule has 2 N–H and O–H groups in total. The van der Waals surface area contributed by atoms with Gasteiger partial charge < -0.3 is 5.32 Å². The van der Waals surface area contributed by atoms with Gasteiger partial charge in [-0.2, -0.15) is 0 Å². The zero-order chi connectivity index (χ0) is 17.1. The largest absolute Gasteiger partial charge is 0.336 e. The fourth-order valence-corrected chi connectivity index (χ4v) is 3.22. The van der Waals surface area contributed by atoms with Crippen LogP contribution in [0.1, 0.15) is 19.4 Å². The Morgan fingerprint density at radius 1 is 1.38 bits per heavy atom. The maximum Gasteiger partial charge on any atom is 0.324 e. The van der Waals surface area contributed by atoms with Crippen molar-refractivity contribution in [3.8, 4) is 11.4 Å². The summed E-state index contributed by atoms with van der Waals surface area (Å²) < 4.78 is 0. The van der Waals surface area contributed by atoms with Crippen molar-refractivity contribution in [2.24, 2.45) is 0 Å². The minimum Gasteiger partial charge on any atom is -0.336 e. The molecule has 24 heavy (non-hydrogen) atoms. The fraction of sp³-hybridized carbons (Fsp3) is 0.375. The lowest BCUT2D eigenvalue weighted by Crippen LogP contribution is -2.38. The molecule has 7 nitrogen and oxygen atoms in total. The van der Waals surface area contributed by atoms with Gasteiger partial charge in [-0.25, -0.2) is 9.78 Å². The van der Waals surface area contributed by atoms with E-state index in [-0.39, 0.29) is 11.9 Å². The van der Waals surface area contributed by atoms with Crippen LogP contribution in [0, 0.1) is 0 Å². The Morgan fingerprint density at radius 2 is 2.12 bits per heavy atom. The van der Waals surface area contributed by atoms with Crippen LogP contribution in [0.3, 0.4) is 0 Å². The Labute approximate surface area is 144 Å². The van der Waals surface area contributed by atoms with Crippen LogP contribution >= 0.6 is 11.8 Å². The number of nitrogens with one attached hydrogen (secondary N) is 2. The lowest BCUT2D eigenvalue weighted by atomic mass is 10.1. The number of thioether (sulfide) groups is 1. The first-order valence-electron chi connectivity index (χ1n) is 7.86. The number of urea groups is 1. The molecule has 126 valence electrons. The summed E-state index contributed by atoms with van der Waals surface area (Å²) in [5.41, 5.74) is 2.21. The molecule has 1 aromatic carbocycles. The van der Waals surface area contributed by atoms with Crippen molar-refractivity contribution in [1.29, 1.82) is 0 Å². The normalized spacial score (nSPS) is 15.4. The molecule has 0 unspecified atom stereocenters. The summed E-state index contributed by atoms with van der Waals surface area (Å²) in [6.45, 7) is 4.77. The van der Waals surface area contributed by atoms with Crippen LogP contribution < -0.4 is 5.32 Å². The topological polar surface area (TPSA) is 91.0 Å². The van der Waals surface area contributed by atoms with Crippen LogP contribution in [0.25, 0.3) is 11.4 Å². The SMILES string of the molecule is CCc1ccc(-c2nc(S[C@@H](C)C(=O)N3CCNC3=O)n[nH]2)cc1. The van der Waals surface area contributed by atoms with Gasteiger partial charge in [-0.3, -0.25) is 14.8 Å². The monoisotopic (exact) mass is 345 g/mol. The fourth-order valence-electron chi connectivity index (χ4n) is 2.44. The maximum atomic E-state index is 12.3. The Hall–Kier alpha value is -2.35. The number of carbonyl (C=O) groups is 2. The minimum atomic E-state index is -0.431. The molecule has 1 saturated heterocycles. The zero-order valence-corrected chi connectivity index (χ0v) is 14.4. The zero-order valence-electron chi connectivity index (χ0n) is 13.6. The van der Waals surface area contributed by atoms with Crippen LogP contribution in [0.15, 0.2) is 29.4 Å². The van der Waals surface area contributed by atoms with Gasteiger partial charge in [0.05, 0.1) is 5.25 Å². The number of rotatable bonds is 5. The molecule has 0 spiro atoms. The molecule has 8 heteroatoms. The number of amides is 3. The lowest BCUT2D eigenvalue weighted by molar-refractivity contribution is -0.126. The summed E-state index contributed by atoms with van der Waals surface area (Å²) in [7, 11) is 0. The maximum absolute atomic E-state index is 12.3. The number of benzene rings is 1. The van der Waals surface area contributed by atoms with E-state index in [9.17, 15) is 9.59 Å². The van der Waals surface area contributed by atoms with Crippen LogP contribution in [0.5, 0.6) is 0 Å². The second-order valence-corrected chi connectivity index (χ2v) is 6.81. The molecule has 0 saturated carbocycles.